The lowest BCUT2D eigenvalue weighted by atomic mass is 9.84. The van der Waals surface area contributed by atoms with Gasteiger partial charge >= 0.3 is 6.03 Å². The summed E-state index contributed by atoms with van der Waals surface area (Å²) in [7, 11) is 0. The van der Waals surface area contributed by atoms with Crippen LogP contribution < -0.4 is 10.6 Å². The van der Waals surface area contributed by atoms with E-state index >= 15 is 0 Å². The zero-order valence-corrected chi connectivity index (χ0v) is 13.3. The van der Waals surface area contributed by atoms with Crippen LogP contribution in [0.4, 0.5) is 10.5 Å². The third-order valence-electron chi connectivity index (χ3n) is 4.92. The van der Waals surface area contributed by atoms with Crippen LogP contribution in [0.3, 0.4) is 0 Å². The van der Waals surface area contributed by atoms with Gasteiger partial charge in [-0.2, -0.15) is 0 Å². The molecule has 2 aliphatic rings. The first kappa shape index (κ1) is 13.9. The molecule has 4 heteroatoms. The fourth-order valence-corrected chi connectivity index (χ4v) is 4.33. The SMILES string of the molecule is CC(NC(=O)Nc1ccccc1Br)C1CC2CCC1C2. The second kappa shape index (κ2) is 5.76. The molecule has 0 spiro atoms. The Kier molecular flexibility index (Phi) is 4.01. The zero-order chi connectivity index (χ0) is 14.1. The number of rotatable bonds is 3. The quantitative estimate of drug-likeness (QED) is 0.844. The van der Waals surface area contributed by atoms with E-state index in [0.717, 1.165) is 22.0 Å². The lowest BCUT2D eigenvalue weighted by Crippen LogP contribution is -2.42. The number of anilines is 1. The van der Waals surface area contributed by atoms with Crippen molar-refractivity contribution in [1.82, 2.24) is 5.32 Å². The lowest BCUT2D eigenvalue weighted by molar-refractivity contribution is 0.230. The molecule has 0 radical (unpaired) electrons. The molecule has 2 amide bonds. The van der Waals surface area contributed by atoms with E-state index in [2.05, 4.69) is 33.5 Å². The topological polar surface area (TPSA) is 41.1 Å². The van der Waals surface area contributed by atoms with E-state index < -0.39 is 0 Å². The number of nitrogens with one attached hydrogen (secondary N) is 2. The number of benzene rings is 1. The first-order valence-corrected chi connectivity index (χ1v) is 8.25. The predicted molar refractivity (Wildman–Crippen MR) is 84.7 cm³/mol. The summed E-state index contributed by atoms with van der Waals surface area (Å²) in [5.74, 6) is 2.41. The normalized spacial score (nSPS) is 29.2. The van der Waals surface area contributed by atoms with Crippen LogP contribution in [0.5, 0.6) is 0 Å². The van der Waals surface area contributed by atoms with Gasteiger partial charge in [-0.3, -0.25) is 0 Å². The molecule has 20 heavy (non-hydrogen) atoms. The second-order valence-electron chi connectivity index (χ2n) is 6.21. The van der Waals surface area contributed by atoms with Gasteiger partial charge in [-0.05, 0) is 72.0 Å². The van der Waals surface area contributed by atoms with Crippen molar-refractivity contribution in [2.24, 2.45) is 17.8 Å². The van der Waals surface area contributed by atoms with E-state index in [4.69, 9.17) is 0 Å². The van der Waals surface area contributed by atoms with E-state index in [1.54, 1.807) is 0 Å². The molecule has 3 nitrogen and oxygen atoms in total. The van der Waals surface area contributed by atoms with E-state index in [1.807, 2.05) is 24.3 Å². The number of carbonyl (C=O) groups excluding carboxylic acids is 1. The van der Waals surface area contributed by atoms with Crippen LogP contribution >= 0.6 is 15.9 Å². The van der Waals surface area contributed by atoms with Gasteiger partial charge in [-0.15, -0.1) is 0 Å². The van der Waals surface area contributed by atoms with Gasteiger partial charge < -0.3 is 10.6 Å². The number of hydrogen-bond donors (Lipinski definition) is 2. The van der Waals surface area contributed by atoms with Gasteiger partial charge in [-0.1, -0.05) is 18.6 Å². The lowest BCUT2D eigenvalue weighted by Gasteiger charge is -2.28. The number of carbonyl (C=O) groups is 1. The Bertz CT molecular complexity index is 505. The smallest absolute Gasteiger partial charge is 0.319 e. The Balaban J connectivity index is 1.55. The highest BCUT2D eigenvalue weighted by Gasteiger charge is 2.42. The summed E-state index contributed by atoms with van der Waals surface area (Å²) in [6, 6.07) is 7.82. The maximum Gasteiger partial charge on any atom is 0.319 e. The fraction of sp³-hybridized carbons (Fsp3) is 0.562. The summed E-state index contributed by atoms with van der Waals surface area (Å²) < 4.78 is 0.905. The van der Waals surface area contributed by atoms with E-state index in [9.17, 15) is 4.79 Å². The molecular formula is C16H21BrN2O. The standard InChI is InChI=1S/C16H21BrN2O/c1-10(13-9-11-6-7-12(13)8-11)18-16(20)19-15-5-3-2-4-14(15)17/h2-5,10-13H,6-9H2,1H3,(H2,18,19,20). The largest absolute Gasteiger partial charge is 0.335 e. The molecular weight excluding hydrogens is 316 g/mol. The third-order valence-corrected chi connectivity index (χ3v) is 5.61. The molecule has 1 aromatic carbocycles. The average Bonchev–Trinajstić information content (AvgIpc) is 3.03. The van der Waals surface area contributed by atoms with Gasteiger partial charge in [0, 0.05) is 10.5 Å². The van der Waals surface area contributed by atoms with Gasteiger partial charge in [0.15, 0.2) is 0 Å². The predicted octanol–water partition coefficient (Wildman–Crippen LogP) is 4.40. The monoisotopic (exact) mass is 336 g/mol. The molecule has 4 unspecified atom stereocenters. The van der Waals surface area contributed by atoms with Crippen LogP contribution in [0, 0.1) is 17.8 Å². The molecule has 0 aromatic heterocycles. The highest BCUT2D eigenvalue weighted by molar-refractivity contribution is 9.10. The van der Waals surface area contributed by atoms with Crippen LogP contribution in [0.1, 0.15) is 32.6 Å². The molecule has 3 rings (SSSR count). The van der Waals surface area contributed by atoms with Crippen LogP contribution in [-0.4, -0.2) is 12.1 Å². The van der Waals surface area contributed by atoms with Gasteiger partial charge in [0.05, 0.1) is 5.69 Å². The fourth-order valence-electron chi connectivity index (χ4n) is 3.94. The summed E-state index contributed by atoms with van der Waals surface area (Å²) in [4.78, 5) is 12.1. The molecule has 2 aliphatic carbocycles. The van der Waals surface area contributed by atoms with Crippen molar-refractivity contribution < 1.29 is 4.79 Å². The molecule has 2 bridgehead atoms. The van der Waals surface area contributed by atoms with Gasteiger partial charge in [0.1, 0.15) is 0 Å². The first-order valence-electron chi connectivity index (χ1n) is 7.45. The maximum absolute atomic E-state index is 12.1. The van der Waals surface area contributed by atoms with Crippen molar-refractivity contribution in [2.75, 3.05) is 5.32 Å². The maximum atomic E-state index is 12.1. The summed E-state index contributed by atoms with van der Waals surface area (Å²) in [5.41, 5.74) is 0.810. The molecule has 4 atom stereocenters. The number of fused-ring (bicyclic) bond motifs is 2. The second-order valence-corrected chi connectivity index (χ2v) is 7.06. The zero-order valence-electron chi connectivity index (χ0n) is 11.7. The van der Waals surface area contributed by atoms with Crippen LogP contribution in [0.15, 0.2) is 28.7 Å². The first-order chi connectivity index (χ1) is 9.63. The Labute approximate surface area is 128 Å². The van der Waals surface area contributed by atoms with Crippen LogP contribution in [0.2, 0.25) is 0 Å². The minimum absolute atomic E-state index is 0.104. The molecule has 2 saturated carbocycles. The highest BCUT2D eigenvalue weighted by atomic mass is 79.9. The Morgan fingerprint density at radius 1 is 1.30 bits per heavy atom. The van der Waals surface area contributed by atoms with E-state index in [-0.39, 0.29) is 12.1 Å². The summed E-state index contributed by atoms with van der Waals surface area (Å²) in [6.45, 7) is 2.14. The van der Waals surface area contributed by atoms with Crippen LogP contribution in [0.25, 0.3) is 0 Å². The molecule has 2 fully saturated rings. The number of hydrogen-bond acceptors (Lipinski definition) is 1. The Hall–Kier alpha value is -1.03. The van der Waals surface area contributed by atoms with E-state index in [1.165, 1.54) is 25.7 Å². The molecule has 1 aromatic rings. The summed E-state index contributed by atoms with van der Waals surface area (Å²) >= 11 is 3.44. The molecule has 0 aliphatic heterocycles. The Morgan fingerprint density at radius 3 is 2.75 bits per heavy atom. The summed E-state index contributed by atoms with van der Waals surface area (Å²) in [6.07, 6.45) is 5.42. The molecule has 0 saturated heterocycles. The number of halogens is 1. The van der Waals surface area contributed by atoms with Crippen LogP contribution in [-0.2, 0) is 0 Å². The van der Waals surface area contributed by atoms with E-state index in [0.29, 0.717) is 5.92 Å². The van der Waals surface area contributed by atoms with Crippen molar-refractivity contribution in [1.29, 1.82) is 0 Å². The highest BCUT2D eigenvalue weighted by Crippen LogP contribution is 2.49. The number of para-hydroxylation sites is 1. The van der Waals surface area contributed by atoms with Crippen molar-refractivity contribution in [3.63, 3.8) is 0 Å². The molecule has 108 valence electrons. The van der Waals surface area contributed by atoms with Gasteiger partial charge in [0.25, 0.3) is 0 Å². The van der Waals surface area contributed by atoms with Gasteiger partial charge in [0.2, 0.25) is 0 Å². The van der Waals surface area contributed by atoms with Crippen molar-refractivity contribution in [3.05, 3.63) is 28.7 Å². The summed E-state index contributed by atoms with van der Waals surface area (Å²) in [5, 5.41) is 6.02. The molecule has 2 N–H and O–H groups in total. The minimum atomic E-state index is -0.104. The Morgan fingerprint density at radius 2 is 2.10 bits per heavy atom. The third kappa shape index (κ3) is 2.85. The van der Waals surface area contributed by atoms with Gasteiger partial charge in [-0.25, -0.2) is 4.79 Å². The number of urea groups is 1. The van der Waals surface area contributed by atoms with Crippen molar-refractivity contribution >= 4 is 27.6 Å². The van der Waals surface area contributed by atoms with Crippen molar-refractivity contribution in [3.8, 4) is 0 Å². The van der Waals surface area contributed by atoms with Crippen molar-refractivity contribution in [2.45, 2.75) is 38.6 Å². The molecule has 0 heterocycles. The minimum Gasteiger partial charge on any atom is -0.335 e. The average molecular weight is 337 g/mol. The number of amides is 2.